The lowest BCUT2D eigenvalue weighted by atomic mass is 10.0. The van der Waals surface area contributed by atoms with Crippen molar-refractivity contribution in [2.75, 3.05) is 13.1 Å². The van der Waals surface area contributed by atoms with E-state index in [1.807, 2.05) is 32.0 Å². The number of nitrogens with zero attached hydrogens (tertiary/aromatic N) is 1. The Kier molecular flexibility index (Phi) is 9.42. The molecular formula is C25H34N2O2. The van der Waals surface area contributed by atoms with Crippen LogP contribution >= 0.6 is 0 Å². The van der Waals surface area contributed by atoms with Crippen molar-refractivity contribution in [3.8, 4) is 0 Å². The quantitative estimate of drug-likeness (QED) is 0.622. The summed E-state index contributed by atoms with van der Waals surface area (Å²) >= 11 is 0. The molecule has 0 radical (unpaired) electrons. The predicted octanol–water partition coefficient (Wildman–Crippen LogP) is 4.17. The maximum Gasteiger partial charge on any atom is 0.242 e. The maximum atomic E-state index is 13.1. The van der Waals surface area contributed by atoms with E-state index in [-0.39, 0.29) is 11.8 Å². The molecule has 4 heteroatoms. The summed E-state index contributed by atoms with van der Waals surface area (Å²) in [6.45, 7) is 7.12. The van der Waals surface area contributed by atoms with E-state index in [0.717, 1.165) is 18.4 Å². The Morgan fingerprint density at radius 2 is 1.48 bits per heavy atom. The van der Waals surface area contributed by atoms with Crippen LogP contribution in [0.3, 0.4) is 0 Å². The summed E-state index contributed by atoms with van der Waals surface area (Å²) in [7, 11) is 0. The lowest BCUT2D eigenvalue weighted by molar-refractivity contribution is -0.140. The second kappa shape index (κ2) is 12.1. The third-order valence-electron chi connectivity index (χ3n) is 5.28. The van der Waals surface area contributed by atoms with Crippen molar-refractivity contribution < 1.29 is 9.59 Å². The molecule has 2 aromatic rings. The van der Waals surface area contributed by atoms with Crippen LogP contribution in [0.2, 0.25) is 0 Å². The molecule has 0 saturated heterocycles. The highest BCUT2D eigenvalue weighted by Gasteiger charge is 2.27. The van der Waals surface area contributed by atoms with Crippen molar-refractivity contribution in [2.45, 2.75) is 58.9 Å². The molecule has 0 aliphatic rings. The van der Waals surface area contributed by atoms with E-state index < -0.39 is 6.04 Å². The number of hydrogen-bond acceptors (Lipinski definition) is 2. The van der Waals surface area contributed by atoms with Gasteiger partial charge in [0.25, 0.3) is 0 Å². The molecule has 2 aromatic carbocycles. The van der Waals surface area contributed by atoms with Gasteiger partial charge in [0, 0.05) is 19.5 Å². The monoisotopic (exact) mass is 394 g/mol. The topological polar surface area (TPSA) is 49.4 Å². The molecule has 0 fully saturated rings. The van der Waals surface area contributed by atoms with Crippen LogP contribution in [0.25, 0.3) is 0 Å². The summed E-state index contributed by atoms with van der Waals surface area (Å²) in [6.07, 6.45) is 3.47. The van der Waals surface area contributed by atoms with Crippen molar-refractivity contribution in [3.63, 3.8) is 0 Å². The van der Waals surface area contributed by atoms with Gasteiger partial charge in [-0.15, -0.1) is 0 Å². The Balaban J connectivity index is 2.08. The van der Waals surface area contributed by atoms with Gasteiger partial charge >= 0.3 is 0 Å². The molecule has 2 amide bonds. The van der Waals surface area contributed by atoms with E-state index in [4.69, 9.17) is 0 Å². The van der Waals surface area contributed by atoms with Crippen molar-refractivity contribution in [2.24, 2.45) is 0 Å². The van der Waals surface area contributed by atoms with E-state index in [1.165, 1.54) is 11.1 Å². The smallest absolute Gasteiger partial charge is 0.242 e. The summed E-state index contributed by atoms with van der Waals surface area (Å²) < 4.78 is 0. The van der Waals surface area contributed by atoms with E-state index in [9.17, 15) is 9.59 Å². The fourth-order valence-electron chi connectivity index (χ4n) is 3.52. The molecule has 1 unspecified atom stereocenters. The number of nitrogens with one attached hydrogen (secondary N) is 1. The lowest BCUT2D eigenvalue weighted by Crippen LogP contribution is -2.50. The second-order valence-electron chi connectivity index (χ2n) is 7.31. The van der Waals surface area contributed by atoms with Crippen LogP contribution in [0.1, 0.15) is 50.3 Å². The van der Waals surface area contributed by atoms with Crippen molar-refractivity contribution >= 4 is 11.8 Å². The molecule has 0 bridgehead atoms. The molecule has 0 heterocycles. The van der Waals surface area contributed by atoms with E-state index in [1.54, 1.807) is 4.90 Å². The Bertz CT molecular complexity index is 756. The number of hydrogen-bond donors (Lipinski definition) is 1. The zero-order chi connectivity index (χ0) is 21.1. The van der Waals surface area contributed by atoms with Gasteiger partial charge in [-0.3, -0.25) is 9.59 Å². The first-order chi connectivity index (χ1) is 14.1. The standard InChI is InChI=1S/C25H34N2O2/c1-4-20-12-14-22(15-13-20)16-17-24(28)27(23(5-2)25(29)26-6-3)19-18-21-10-8-7-9-11-21/h7-15,23H,4-6,16-19H2,1-3H3,(H,26,29). The van der Waals surface area contributed by atoms with Gasteiger partial charge in [0.15, 0.2) is 0 Å². The van der Waals surface area contributed by atoms with Gasteiger partial charge in [-0.05, 0) is 49.3 Å². The van der Waals surface area contributed by atoms with Crippen LogP contribution in [-0.2, 0) is 28.9 Å². The highest BCUT2D eigenvalue weighted by atomic mass is 16.2. The number of carbonyl (C=O) groups is 2. The minimum absolute atomic E-state index is 0.0404. The summed E-state index contributed by atoms with van der Waals surface area (Å²) in [6, 6.07) is 18.1. The van der Waals surface area contributed by atoms with Crippen LogP contribution in [0.5, 0.6) is 0 Å². The van der Waals surface area contributed by atoms with Gasteiger partial charge in [0.1, 0.15) is 6.04 Å². The number of carbonyl (C=O) groups excluding carboxylic acids is 2. The Morgan fingerprint density at radius 3 is 2.07 bits per heavy atom. The zero-order valence-electron chi connectivity index (χ0n) is 18.0. The van der Waals surface area contributed by atoms with Gasteiger partial charge in [-0.25, -0.2) is 0 Å². The minimum Gasteiger partial charge on any atom is -0.355 e. The maximum absolute atomic E-state index is 13.1. The molecule has 156 valence electrons. The average Bonchev–Trinajstić information content (AvgIpc) is 2.76. The lowest BCUT2D eigenvalue weighted by Gasteiger charge is -2.30. The average molecular weight is 395 g/mol. The summed E-state index contributed by atoms with van der Waals surface area (Å²) in [5, 5.41) is 2.88. The predicted molar refractivity (Wildman–Crippen MR) is 119 cm³/mol. The second-order valence-corrected chi connectivity index (χ2v) is 7.31. The molecule has 0 aliphatic heterocycles. The summed E-state index contributed by atoms with van der Waals surface area (Å²) in [4.78, 5) is 27.5. The molecule has 0 saturated carbocycles. The molecule has 2 rings (SSSR count). The van der Waals surface area contributed by atoms with Gasteiger partial charge < -0.3 is 10.2 Å². The summed E-state index contributed by atoms with van der Waals surface area (Å²) in [5.74, 6) is -0.0256. The molecule has 1 atom stereocenters. The van der Waals surface area contributed by atoms with E-state index >= 15 is 0 Å². The number of rotatable bonds is 11. The number of amides is 2. The molecule has 0 spiro atoms. The van der Waals surface area contributed by atoms with Gasteiger partial charge in [0.05, 0.1) is 0 Å². The number of likely N-dealkylation sites (N-methyl/N-ethyl adjacent to an activating group) is 1. The third kappa shape index (κ3) is 7.04. The van der Waals surface area contributed by atoms with Gasteiger partial charge in [-0.2, -0.15) is 0 Å². The Morgan fingerprint density at radius 1 is 0.862 bits per heavy atom. The van der Waals surface area contributed by atoms with E-state index in [2.05, 4.69) is 48.6 Å². The van der Waals surface area contributed by atoms with Crippen LogP contribution < -0.4 is 5.32 Å². The van der Waals surface area contributed by atoms with Gasteiger partial charge in [-0.1, -0.05) is 68.4 Å². The Hall–Kier alpha value is -2.62. The molecule has 1 N–H and O–H groups in total. The fourth-order valence-corrected chi connectivity index (χ4v) is 3.52. The molecule has 4 nitrogen and oxygen atoms in total. The largest absolute Gasteiger partial charge is 0.355 e. The first-order valence-electron chi connectivity index (χ1n) is 10.8. The van der Waals surface area contributed by atoms with Crippen LogP contribution in [0.4, 0.5) is 0 Å². The van der Waals surface area contributed by atoms with Crippen LogP contribution in [0, 0.1) is 0 Å². The zero-order valence-corrected chi connectivity index (χ0v) is 18.0. The van der Waals surface area contributed by atoms with Gasteiger partial charge in [0.2, 0.25) is 11.8 Å². The fraction of sp³-hybridized carbons (Fsp3) is 0.440. The third-order valence-corrected chi connectivity index (χ3v) is 5.28. The van der Waals surface area contributed by atoms with Crippen LogP contribution in [-0.4, -0.2) is 35.8 Å². The molecule has 0 aliphatic carbocycles. The van der Waals surface area contributed by atoms with Crippen molar-refractivity contribution in [3.05, 3.63) is 71.3 Å². The molecule has 29 heavy (non-hydrogen) atoms. The molecular weight excluding hydrogens is 360 g/mol. The number of aryl methyl sites for hydroxylation is 2. The van der Waals surface area contributed by atoms with Crippen molar-refractivity contribution in [1.82, 2.24) is 10.2 Å². The highest BCUT2D eigenvalue weighted by molar-refractivity contribution is 5.87. The first-order valence-corrected chi connectivity index (χ1v) is 10.8. The summed E-state index contributed by atoms with van der Waals surface area (Å²) in [5.41, 5.74) is 3.63. The normalized spacial score (nSPS) is 11.7. The molecule has 0 aromatic heterocycles. The van der Waals surface area contributed by atoms with Crippen LogP contribution in [0.15, 0.2) is 54.6 Å². The number of benzene rings is 2. The van der Waals surface area contributed by atoms with Crippen molar-refractivity contribution in [1.29, 1.82) is 0 Å². The Labute approximate surface area is 175 Å². The highest BCUT2D eigenvalue weighted by Crippen LogP contribution is 2.13. The first kappa shape index (κ1) is 22.7. The van der Waals surface area contributed by atoms with E-state index in [0.29, 0.717) is 32.4 Å². The minimum atomic E-state index is -0.423. The SMILES string of the molecule is CCNC(=O)C(CC)N(CCc1ccccc1)C(=O)CCc1ccc(CC)cc1.